The number of pyridine rings is 1. The van der Waals surface area contributed by atoms with Gasteiger partial charge in [-0.05, 0) is 34.5 Å². The number of aliphatic hydroxyl groups is 1. The highest BCUT2D eigenvalue weighted by Gasteiger charge is 2.42. The fourth-order valence-corrected chi connectivity index (χ4v) is 2.51. The summed E-state index contributed by atoms with van der Waals surface area (Å²) in [5.41, 5.74) is -0.0697. The Bertz CT molecular complexity index is 430. The van der Waals surface area contributed by atoms with Crippen LogP contribution in [0.25, 0.3) is 0 Å². The van der Waals surface area contributed by atoms with Crippen LogP contribution in [0.5, 0.6) is 0 Å². The minimum atomic E-state index is -0.672. The normalized spacial score (nSPS) is 17.7. The molecule has 0 spiro atoms. The van der Waals surface area contributed by atoms with Crippen molar-refractivity contribution in [1.29, 1.82) is 0 Å². The maximum atomic E-state index is 12.0. The van der Waals surface area contributed by atoms with Crippen molar-refractivity contribution in [1.82, 2.24) is 9.88 Å². The predicted molar refractivity (Wildman–Crippen MR) is 67.7 cm³/mol. The molecule has 0 saturated carbocycles. The minimum Gasteiger partial charge on any atom is -0.386 e. The van der Waals surface area contributed by atoms with Crippen molar-refractivity contribution < 1.29 is 9.90 Å². The van der Waals surface area contributed by atoms with Crippen molar-refractivity contribution in [2.45, 2.75) is 25.4 Å². The standard InChI is InChI=1S/C12H15BrN2O2/c1-2-4-12(17)7-15(8-12)11(16)9-3-5-14-10(13)6-9/h3,5-6,17H,2,4,7-8H2,1H3. The first-order valence-corrected chi connectivity index (χ1v) is 6.46. The van der Waals surface area contributed by atoms with E-state index in [1.54, 1.807) is 23.2 Å². The van der Waals surface area contributed by atoms with Crippen molar-refractivity contribution in [3.63, 3.8) is 0 Å². The number of amides is 1. The van der Waals surface area contributed by atoms with E-state index in [-0.39, 0.29) is 5.91 Å². The zero-order chi connectivity index (χ0) is 12.5. The number of carbonyl (C=O) groups excluding carboxylic acids is 1. The molecule has 0 radical (unpaired) electrons. The monoisotopic (exact) mass is 298 g/mol. The number of β-amino-alcohol motifs (C(OH)–C–C–N with tert-alkyl or cyclic N) is 1. The van der Waals surface area contributed by atoms with Crippen LogP contribution in [0.3, 0.4) is 0 Å². The maximum absolute atomic E-state index is 12.0. The third-order valence-corrected chi connectivity index (χ3v) is 3.38. The highest BCUT2D eigenvalue weighted by Crippen LogP contribution is 2.27. The zero-order valence-corrected chi connectivity index (χ0v) is 11.3. The van der Waals surface area contributed by atoms with Crippen LogP contribution in [-0.2, 0) is 0 Å². The first-order valence-electron chi connectivity index (χ1n) is 5.67. The molecule has 1 fully saturated rings. The first kappa shape index (κ1) is 12.5. The van der Waals surface area contributed by atoms with Crippen LogP contribution < -0.4 is 0 Å². The molecule has 1 amide bonds. The molecule has 2 heterocycles. The van der Waals surface area contributed by atoms with Gasteiger partial charge >= 0.3 is 0 Å². The summed E-state index contributed by atoms with van der Waals surface area (Å²) in [6.45, 7) is 2.89. The Morgan fingerprint density at radius 3 is 2.94 bits per heavy atom. The van der Waals surface area contributed by atoms with Gasteiger partial charge in [-0.15, -0.1) is 0 Å². The Hall–Kier alpha value is -0.940. The van der Waals surface area contributed by atoms with Crippen molar-refractivity contribution in [3.05, 3.63) is 28.5 Å². The second-order valence-corrected chi connectivity index (χ2v) is 5.32. The number of carbonyl (C=O) groups is 1. The van der Waals surface area contributed by atoms with Gasteiger partial charge in [-0.3, -0.25) is 4.79 Å². The van der Waals surface area contributed by atoms with Crippen LogP contribution >= 0.6 is 15.9 Å². The molecular weight excluding hydrogens is 284 g/mol. The number of halogens is 1. The Balaban J connectivity index is 2.00. The van der Waals surface area contributed by atoms with Crippen molar-refractivity contribution >= 4 is 21.8 Å². The third-order valence-electron chi connectivity index (χ3n) is 2.95. The molecule has 0 bridgehead atoms. The molecule has 17 heavy (non-hydrogen) atoms. The zero-order valence-electron chi connectivity index (χ0n) is 9.69. The van der Waals surface area contributed by atoms with E-state index in [4.69, 9.17) is 0 Å². The molecule has 1 aliphatic rings. The van der Waals surface area contributed by atoms with E-state index < -0.39 is 5.60 Å². The molecule has 0 unspecified atom stereocenters. The van der Waals surface area contributed by atoms with Crippen LogP contribution in [0, 0.1) is 0 Å². The van der Waals surface area contributed by atoms with Gasteiger partial charge in [0.15, 0.2) is 0 Å². The summed E-state index contributed by atoms with van der Waals surface area (Å²) in [5, 5.41) is 10.0. The van der Waals surface area contributed by atoms with E-state index >= 15 is 0 Å². The van der Waals surface area contributed by atoms with E-state index in [9.17, 15) is 9.90 Å². The minimum absolute atomic E-state index is 0.0473. The quantitative estimate of drug-likeness (QED) is 0.866. The van der Waals surface area contributed by atoms with Crippen LogP contribution in [0.4, 0.5) is 0 Å². The van der Waals surface area contributed by atoms with Crippen LogP contribution in [0.15, 0.2) is 22.9 Å². The SMILES string of the molecule is CCCC1(O)CN(C(=O)c2ccnc(Br)c2)C1. The molecule has 1 aromatic heterocycles. The maximum Gasteiger partial charge on any atom is 0.254 e. The molecule has 1 aliphatic heterocycles. The largest absolute Gasteiger partial charge is 0.386 e. The molecular formula is C12H15BrN2O2. The second-order valence-electron chi connectivity index (χ2n) is 4.50. The van der Waals surface area contributed by atoms with Crippen molar-refractivity contribution in [2.24, 2.45) is 0 Å². The van der Waals surface area contributed by atoms with Gasteiger partial charge in [-0.2, -0.15) is 0 Å². The lowest BCUT2D eigenvalue weighted by atomic mass is 9.89. The van der Waals surface area contributed by atoms with Crippen LogP contribution in [0.1, 0.15) is 30.1 Å². The van der Waals surface area contributed by atoms with E-state index in [1.807, 2.05) is 6.92 Å². The molecule has 0 aliphatic carbocycles. The Morgan fingerprint density at radius 1 is 1.65 bits per heavy atom. The highest BCUT2D eigenvalue weighted by molar-refractivity contribution is 9.10. The Morgan fingerprint density at radius 2 is 2.35 bits per heavy atom. The predicted octanol–water partition coefficient (Wildman–Crippen LogP) is 1.83. The molecule has 4 nitrogen and oxygen atoms in total. The smallest absolute Gasteiger partial charge is 0.254 e. The van der Waals surface area contributed by atoms with Gasteiger partial charge in [-0.25, -0.2) is 4.98 Å². The summed E-state index contributed by atoms with van der Waals surface area (Å²) in [7, 11) is 0. The summed E-state index contributed by atoms with van der Waals surface area (Å²) in [6.07, 6.45) is 3.27. The molecule has 1 saturated heterocycles. The van der Waals surface area contributed by atoms with Gasteiger partial charge in [-0.1, -0.05) is 13.3 Å². The van der Waals surface area contributed by atoms with Gasteiger partial charge in [0.25, 0.3) is 5.91 Å². The summed E-state index contributed by atoms with van der Waals surface area (Å²) in [5.74, 6) is -0.0473. The molecule has 1 aromatic rings. The third kappa shape index (κ3) is 2.66. The van der Waals surface area contributed by atoms with Gasteiger partial charge in [0.2, 0.25) is 0 Å². The highest BCUT2D eigenvalue weighted by atomic mass is 79.9. The first-order chi connectivity index (χ1) is 8.04. The molecule has 5 heteroatoms. The van der Waals surface area contributed by atoms with Crippen LogP contribution in [0.2, 0.25) is 0 Å². The summed E-state index contributed by atoms with van der Waals surface area (Å²) in [4.78, 5) is 17.7. The number of nitrogens with zero attached hydrogens (tertiary/aromatic N) is 2. The number of likely N-dealkylation sites (tertiary alicyclic amines) is 1. The summed E-state index contributed by atoms with van der Waals surface area (Å²) < 4.78 is 0.646. The number of hydrogen-bond acceptors (Lipinski definition) is 3. The fourth-order valence-electron chi connectivity index (χ4n) is 2.15. The van der Waals surface area contributed by atoms with Gasteiger partial charge in [0.05, 0.1) is 18.7 Å². The van der Waals surface area contributed by atoms with E-state index in [0.717, 1.165) is 12.8 Å². The Labute approximate surface area is 109 Å². The molecule has 92 valence electrons. The summed E-state index contributed by atoms with van der Waals surface area (Å²) in [6, 6.07) is 3.38. The van der Waals surface area contributed by atoms with Crippen molar-refractivity contribution in [3.8, 4) is 0 Å². The number of hydrogen-bond donors (Lipinski definition) is 1. The fraction of sp³-hybridized carbons (Fsp3) is 0.500. The summed E-state index contributed by atoms with van der Waals surface area (Å²) >= 11 is 3.24. The average Bonchev–Trinajstić information content (AvgIpc) is 2.25. The topological polar surface area (TPSA) is 53.4 Å². The lowest BCUT2D eigenvalue weighted by molar-refractivity contribution is -0.0860. The number of aromatic nitrogens is 1. The van der Waals surface area contributed by atoms with E-state index in [2.05, 4.69) is 20.9 Å². The van der Waals surface area contributed by atoms with Crippen molar-refractivity contribution in [2.75, 3.05) is 13.1 Å². The lowest BCUT2D eigenvalue weighted by Crippen LogP contribution is -2.63. The molecule has 0 aromatic carbocycles. The number of rotatable bonds is 3. The molecule has 0 atom stereocenters. The average molecular weight is 299 g/mol. The Kier molecular flexibility index (Phi) is 3.49. The second kappa shape index (κ2) is 4.74. The van der Waals surface area contributed by atoms with E-state index in [1.165, 1.54) is 0 Å². The van der Waals surface area contributed by atoms with Gasteiger partial charge in [0, 0.05) is 11.8 Å². The molecule has 2 rings (SSSR count). The van der Waals surface area contributed by atoms with Gasteiger partial charge < -0.3 is 10.0 Å². The lowest BCUT2D eigenvalue weighted by Gasteiger charge is -2.46. The van der Waals surface area contributed by atoms with Gasteiger partial charge in [0.1, 0.15) is 4.60 Å². The molecule has 1 N–H and O–H groups in total. The van der Waals surface area contributed by atoms with E-state index in [0.29, 0.717) is 23.3 Å². The van der Waals surface area contributed by atoms with Crippen LogP contribution in [-0.4, -0.2) is 39.6 Å².